The Balaban J connectivity index is 1.78. The van der Waals surface area contributed by atoms with Crippen LogP contribution in [0, 0.1) is 5.92 Å². The van der Waals surface area contributed by atoms with E-state index in [2.05, 4.69) is 12.1 Å². The van der Waals surface area contributed by atoms with Crippen LogP contribution in [-0.2, 0) is 0 Å². The minimum absolute atomic E-state index is 0.159. The van der Waals surface area contributed by atoms with Gasteiger partial charge in [-0.1, -0.05) is 37.5 Å². The number of para-hydroxylation sites is 1. The van der Waals surface area contributed by atoms with Crippen LogP contribution in [0.4, 0.5) is 0 Å². The van der Waals surface area contributed by atoms with E-state index >= 15 is 0 Å². The first-order valence-electron chi connectivity index (χ1n) is 6.86. The largest absolute Gasteiger partial charge is 0.490 e. The number of fused-ring (bicyclic) bond motifs is 1. The molecule has 1 aromatic carbocycles. The van der Waals surface area contributed by atoms with E-state index in [1.165, 1.54) is 37.7 Å². The van der Waals surface area contributed by atoms with E-state index in [0.29, 0.717) is 6.10 Å². The SMILES string of the molecule is NC1CC(C2CCCCC2)Oc2ccccc21. The van der Waals surface area contributed by atoms with E-state index < -0.39 is 0 Å². The van der Waals surface area contributed by atoms with Gasteiger partial charge in [0.05, 0.1) is 0 Å². The van der Waals surface area contributed by atoms with Gasteiger partial charge in [-0.25, -0.2) is 0 Å². The summed E-state index contributed by atoms with van der Waals surface area (Å²) in [5.41, 5.74) is 7.44. The van der Waals surface area contributed by atoms with Crippen LogP contribution in [0.15, 0.2) is 24.3 Å². The van der Waals surface area contributed by atoms with Crippen LogP contribution in [0.2, 0.25) is 0 Å². The molecular weight excluding hydrogens is 210 g/mol. The summed E-state index contributed by atoms with van der Waals surface area (Å²) in [6.45, 7) is 0. The second-order valence-corrected chi connectivity index (χ2v) is 5.43. The highest BCUT2D eigenvalue weighted by Gasteiger charge is 2.32. The van der Waals surface area contributed by atoms with E-state index in [-0.39, 0.29) is 6.04 Å². The van der Waals surface area contributed by atoms with Gasteiger partial charge in [0.1, 0.15) is 11.9 Å². The van der Waals surface area contributed by atoms with Crippen molar-refractivity contribution in [2.24, 2.45) is 11.7 Å². The molecule has 1 aromatic rings. The Morgan fingerprint density at radius 1 is 1.06 bits per heavy atom. The van der Waals surface area contributed by atoms with Gasteiger partial charge in [-0.15, -0.1) is 0 Å². The van der Waals surface area contributed by atoms with Gasteiger partial charge >= 0.3 is 0 Å². The van der Waals surface area contributed by atoms with Crippen LogP contribution in [0.1, 0.15) is 50.1 Å². The van der Waals surface area contributed by atoms with Gasteiger partial charge in [0, 0.05) is 18.0 Å². The fourth-order valence-electron chi connectivity index (χ4n) is 3.28. The molecule has 1 saturated carbocycles. The van der Waals surface area contributed by atoms with Gasteiger partial charge in [0.2, 0.25) is 0 Å². The summed E-state index contributed by atoms with van der Waals surface area (Å²) in [5, 5.41) is 0. The van der Waals surface area contributed by atoms with Crippen molar-refractivity contribution in [3.63, 3.8) is 0 Å². The summed E-state index contributed by atoms with van der Waals surface area (Å²) in [4.78, 5) is 0. The van der Waals surface area contributed by atoms with Crippen molar-refractivity contribution < 1.29 is 4.74 Å². The predicted molar refractivity (Wildman–Crippen MR) is 69.0 cm³/mol. The monoisotopic (exact) mass is 231 g/mol. The van der Waals surface area contributed by atoms with Gasteiger partial charge in [0.15, 0.2) is 0 Å². The lowest BCUT2D eigenvalue weighted by Gasteiger charge is -2.36. The van der Waals surface area contributed by atoms with Crippen LogP contribution >= 0.6 is 0 Å². The summed E-state index contributed by atoms with van der Waals surface area (Å²) in [6, 6.07) is 8.39. The molecule has 2 nitrogen and oxygen atoms in total. The zero-order valence-electron chi connectivity index (χ0n) is 10.3. The Hall–Kier alpha value is -1.02. The first kappa shape index (κ1) is 11.1. The normalized spacial score (nSPS) is 29.5. The summed E-state index contributed by atoms with van der Waals surface area (Å²) in [5.74, 6) is 1.74. The Kier molecular flexibility index (Phi) is 3.06. The predicted octanol–water partition coefficient (Wildman–Crippen LogP) is 3.42. The quantitative estimate of drug-likeness (QED) is 0.803. The average molecular weight is 231 g/mol. The van der Waals surface area contributed by atoms with E-state index in [4.69, 9.17) is 10.5 Å². The summed E-state index contributed by atoms with van der Waals surface area (Å²) < 4.78 is 6.16. The van der Waals surface area contributed by atoms with Crippen molar-refractivity contribution in [2.75, 3.05) is 0 Å². The van der Waals surface area contributed by atoms with Gasteiger partial charge < -0.3 is 10.5 Å². The van der Waals surface area contributed by atoms with Crippen molar-refractivity contribution >= 4 is 0 Å². The molecule has 0 bridgehead atoms. The molecule has 2 N–H and O–H groups in total. The first-order valence-corrected chi connectivity index (χ1v) is 6.86. The average Bonchev–Trinajstić information content (AvgIpc) is 2.40. The number of rotatable bonds is 1. The molecule has 2 atom stereocenters. The lowest BCUT2D eigenvalue weighted by molar-refractivity contribution is 0.0784. The van der Waals surface area contributed by atoms with Crippen molar-refractivity contribution in [3.8, 4) is 5.75 Å². The maximum absolute atomic E-state index is 6.26. The summed E-state index contributed by atoms with van der Waals surface area (Å²) in [6.07, 6.45) is 8.09. The van der Waals surface area contributed by atoms with Gasteiger partial charge in [-0.3, -0.25) is 0 Å². The highest BCUT2D eigenvalue weighted by Crippen LogP contribution is 2.39. The third kappa shape index (κ3) is 2.19. The molecule has 2 heteroatoms. The number of benzene rings is 1. The first-order chi connectivity index (χ1) is 8.34. The Morgan fingerprint density at radius 2 is 1.82 bits per heavy atom. The summed E-state index contributed by atoms with van der Waals surface area (Å²) >= 11 is 0. The fraction of sp³-hybridized carbons (Fsp3) is 0.600. The third-order valence-corrected chi connectivity index (χ3v) is 4.26. The molecular formula is C15H21NO. The molecule has 1 aliphatic carbocycles. The van der Waals surface area contributed by atoms with Crippen LogP contribution < -0.4 is 10.5 Å². The molecule has 1 aliphatic heterocycles. The zero-order chi connectivity index (χ0) is 11.7. The molecule has 3 rings (SSSR count). The lowest BCUT2D eigenvalue weighted by Crippen LogP contribution is -2.36. The zero-order valence-corrected chi connectivity index (χ0v) is 10.3. The molecule has 1 heterocycles. The maximum Gasteiger partial charge on any atom is 0.124 e. The van der Waals surface area contributed by atoms with E-state index in [1.54, 1.807) is 0 Å². The fourth-order valence-corrected chi connectivity index (χ4v) is 3.28. The molecule has 2 unspecified atom stereocenters. The van der Waals surface area contributed by atoms with Crippen molar-refractivity contribution in [3.05, 3.63) is 29.8 Å². The minimum atomic E-state index is 0.159. The van der Waals surface area contributed by atoms with E-state index in [0.717, 1.165) is 18.1 Å². The van der Waals surface area contributed by atoms with Crippen molar-refractivity contribution in [1.29, 1.82) is 0 Å². The van der Waals surface area contributed by atoms with Crippen LogP contribution in [-0.4, -0.2) is 6.10 Å². The number of ether oxygens (including phenoxy) is 1. The Labute approximate surface area is 103 Å². The number of nitrogens with two attached hydrogens (primary N) is 1. The number of hydrogen-bond acceptors (Lipinski definition) is 2. The van der Waals surface area contributed by atoms with Gasteiger partial charge in [-0.2, -0.15) is 0 Å². The van der Waals surface area contributed by atoms with Gasteiger partial charge in [0.25, 0.3) is 0 Å². The second-order valence-electron chi connectivity index (χ2n) is 5.43. The number of hydrogen-bond donors (Lipinski definition) is 1. The topological polar surface area (TPSA) is 35.2 Å². The molecule has 0 aromatic heterocycles. The molecule has 0 amide bonds. The van der Waals surface area contributed by atoms with Crippen LogP contribution in [0.25, 0.3) is 0 Å². The molecule has 17 heavy (non-hydrogen) atoms. The standard InChI is InChI=1S/C15H21NO/c16-13-10-15(11-6-2-1-3-7-11)17-14-9-5-4-8-12(13)14/h4-5,8-9,11,13,15H,1-3,6-7,10,16H2. The van der Waals surface area contributed by atoms with Crippen LogP contribution in [0.5, 0.6) is 5.75 Å². The third-order valence-electron chi connectivity index (χ3n) is 4.26. The molecule has 0 spiro atoms. The minimum Gasteiger partial charge on any atom is -0.490 e. The molecule has 1 fully saturated rings. The van der Waals surface area contributed by atoms with Crippen LogP contribution in [0.3, 0.4) is 0 Å². The lowest BCUT2D eigenvalue weighted by atomic mass is 9.81. The van der Waals surface area contributed by atoms with Crippen molar-refractivity contribution in [2.45, 2.75) is 50.7 Å². The second kappa shape index (κ2) is 4.69. The van der Waals surface area contributed by atoms with Crippen molar-refractivity contribution in [1.82, 2.24) is 0 Å². The molecule has 0 saturated heterocycles. The molecule has 0 radical (unpaired) electrons. The highest BCUT2D eigenvalue weighted by atomic mass is 16.5. The smallest absolute Gasteiger partial charge is 0.124 e. The summed E-state index contributed by atoms with van der Waals surface area (Å²) in [7, 11) is 0. The van der Waals surface area contributed by atoms with E-state index in [9.17, 15) is 0 Å². The Morgan fingerprint density at radius 3 is 2.65 bits per heavy atom. The van der Waals surface area contributed by atoms with E-state index in [1.807, 2.05) is 12.1 Å². The molecule has 92 valence electrons. The molecule has 2 aliphatic rings. The van der Waals surface area contributed by atoms with Gasteiger partial charge in [-0.05, 0) is 24.8 Å². The Bertz CT molecular complexity index is 384. The maximum atomic E-state index is 6.26. The highest BCUT2D eigenvalue weighted by molar-refractivity contribution is 5.37.